The van der Waals surface area contributed by atoms with E-state index in [1.54, 1.807) is 29.9 Å². The Bertz CT molecular complexity index is 1100. The second-order valence-electron chi connectivity index (χ2n) is 6.59. The molecule has 0 aliphatic rings. The quantitative estimate of drug-likeness (QED) is 0.625. The molecule has 0 aliphatic carbocycles. The number of aromatic nitrogens is 4. The van der Waals surface area contributed by atoms with Crippen molar-refractivity contribution in [3.05, 3.63) is 57.9 Å². The standard InChI is InChI=1S/C19H22N6O3/c1-12-10-13(2)25(23-12)11-18(27)22-21-17(26)9-8-16-20-15-7-5-4-6-14(15)19(28)24(16)3/h4-7,10H,8-9,11H2,1-3H3,(H,21,26)(H,22,27). The highest BCUT2D eigenvalue weighted by atomic mass is 16.2. The Hall–Kier alpha value is -3.49. The van der Waals surface area contributed by atoms with Gasteiger partial charge in [-0.05, 0) is 32.0 Å². The zero-order valence-corrected chi connectivity index (χ0v) is 16.0. The molecule has 0 fully saturated rings. The lowest BCUT2D eigenvalue weighted by Gasteiger charge is -2.10. The first-order chi connectivity index (χ1) is 13.3. The molecule has 9 nitrogen and oxygen atoms in total. The summed E-state index contributed by atoms with van der Waals surface area (Å²) in [7, 11) is 1.63. The van der Waals surface area contributed by atoms with Crippen molar-refractivity contribution < 1.29 is 9.59 Å². The third-order valence-corrected chi connectivity index (χ3v) is 4.39. The summed E-state index contributed by atoms with van der Waals surface area (Å²) in [6.45, 7) is 3.71. The smallest absolute Gasteiger partial charge is 0.261 e. The van der Waals surface area contributed by atoms with E-state index >= 15 is 0 Å². The first kappa shape index (κ1) is 19.3. The van der Waals surface area contributed by atoms with E-state index in [2.05, 4.69) is 20.9 Å². The molecule has 2 amide bonds. The number of hydrogen-bond donors (Lipinski definition) is 2. The van der Waals surface area contributed by atoms with E-state index in [0.717, 1.165) is 11.4 Å². The summed E-state index contributed by atoms with van der Waals surface area (Å²) in [5, 5.41) is 4.74. The Labute approximate surface area is 161 Å². The number of carbonyl (C=O) groups excluding carboxylic acids is 2. The highest BCUT2D eigenvalue weighted by Crippen LogP contribution is 2.08. The van der Waals surface area contributed by atoms with Gasteiger partial charge in [-0.1, -0.05) is 12.1 Å². The van der Waals surface area contributed by atoms with Crippen LogP contribution in [0.15, 0.2) is 35.1 Å². The fraction of sp³-hybridized carbons (Fsp3) is 0.316. The summed E-state index contributed by atoms with van der Waals surface area (Å²) in [6, 6.07) is 8.95. The summed E-state index contributed by atoms with van der Waals surface area (Å²) >= 11 is 0. The molecule has 0 unspecified atom stereocenters. The lowest BCUT2D eigenvalue weighted by atomic mass is 10.2. The minimum atomic E-state index is -0.379. The first-order valence-electron chi connectivity index (χ1n) is 8.88. The van der Waals surface area contributed by atoms with Crippen molar-refractivity contribution in [3.63, 3.8) is 0 Å². The van der Waals surface area contributed by atoms with Gasteiger partial charge in [-0.25, -0.2) is 4.98 Å². The van der Waals surface area contributed by atoms with Gasteiger partial charge in [0.25, 0.3) is 11.5 Å². The number of nitrogens with zero attached hydrogens (tertiary/aromatic N) is 4. The SMILES string of the molecule is Cc1cc(C)n(CC(=O)NNC(=O)CCc2nc3ccccc3c(=O)n2C)n1. The van der Waals surface area contributed by atoms with Gasteiger partial charge < -0.3 is 0 Å². The zero-order chi connectivity index (χ0) is 20.3. The van der Waals surface area contributed by atoms with Crippen molar-refractivity contribution in [1.82, 2.24) is 30.2 Å². The van der Waals surface area contributed by atoms with Crippen molar-refractivity contribution >= 4 is 22.7 Å². The van der Waals surface area contributed by atoms with E-state index in [1.807, 2.05) is 26.0 Å². The van der Waals surface area contributed by atoms with Crippen molar-refractivity contribution in [2.75, 3.05) is 0 Å². The summed E-state index contributed by atoms with van der Waals surface area (Å²) < 4.78 is 3.00. The number of aryl methyl sites for hydroxylation is 3. The summed E-state index contributed by atoms with van der Waals surface area (Å²) in [5.41, 5.74) is 6.87. The Balaban J connectivity index is 1.55. The van der Waals surface area contributed by atoms with Crippen LogP contribution < -0.4 is 16.4 Å². The van der Waals surface area contributed by atoms with Crippen molar-refractivity contribution in [1.29, 1.82) is 0 Å². The number of nitrogens with one attached hydrogen (secondary N) is 2. The van der Waals surface area contributed by atoms with E-state index in [9.17, 15) is 14.4 Å². The van der Waals surface area contributed by atoms with Crippen LogP contribution in [0.3, 0.4) is 0 Å². The van der Waals surface area contributed by atoms with Crippen LogP contribution in [0.4, 0.5) is 0 Å². The third kappa shape index (κ3) is 4.25. The molecule has 0 atom stereocenters. The number of hydrogen-bond acceptors (Lipinski definition) is 5. The van der Waals surface area contributed by atoms with Gasteiger partial charge in [0.05, 0.1) is 16.6 Å². The summed E-state index contributed by atoms with van der Waals surface area (Å²) in [5.74, 6) is -0.243. The van der Waals surface area contributed by atoms with Gasteiger partial charge >= 0.3 is 0 Å². The predicted molar refractivity (Wildman–Crippen MR) is 103 cm³/mol. The number of benzene rings is 1. The molecule has 0 radical (unpaired) electrons. The summed E-state index contributed by atoms with van der Waals surface area (Å²) in [6.07, 6.45) is 0.356. The Morgan fingerprint density at radius 3 is 2.54 bits per heavy atom. The molecule has 0 spiro atoms. The van der Waals surface area contributed by atoms with Crippen LogP contribution in [-0.2, 0) is 29.6 Å². The highest BCUT2D eigenvalue weighted by molar-refractivity contribution is 5.82. The van der Waals surface area contributed by atoms with Crippen LogP contribution in [-0.4, -0.2) is 31.1 Å². The second-order valence-corrected chi connectivity index (χ2v) is 6.59. The highest BCUT2D eigenvalue weighted by Gasteiger charge is 2.11. The molecule has 28 heavy (non-hydrogen) atoms. The van der Waals surface area contributed by atoms with Gasteiger partial charge in [-0.15, -0.1) is 0 Å². The van der Waals surface area contributed by atoms with Crippen molar-refractivity contribution in [2.45, 2.75) is 33.2 Å². The van der Waals surface area contributed by atoms with Crippen molar-refractivity contribution in [3.8, 4) is 0 Å². The van der Waals surface area contributed by atoms with Gasteiger partial charge in [0, 0.05) is 25.6 Å². The van der Waals surface area contributed by atoms with E-state index in [1.165, 1.54) is 4.57 Å². The fourth-order valence-corrected chi connectivity index (χ4v) is 2.93. The van der Waals surface area contributed by atoms with Gasteiger partial charge in [-0.3, -0.25) is 34.5 Å². The fourth-order valence-electron chi connectivity index (χ4n) is 2.93. The Morgan fingerprint density at radius 1 is 1.11 bits per heavy atom. The van der Waals surface area contributed by atoms with Crippen LogP contribution in [0.25, 0.3) is 10.9 Å². The molecule has 0 aliphatic heterocycles. The van der Waals surface area contributed by atoms with Gasteiger partial charge in [-0.2, -0.15) is 5.10 Å². The molecule has 2 heterocycles. The largest absolute Gasteiger partial charge is 0.299 e. The molecule has 1 aromatic carbocycles. The number of fused-ring (bicyclic) bond motifs is 1. The lowest BCUT2D eigenvalue weighted by molar-refractivity contribution is -0.129. The average Bonchev–Trinajstić information content (AvgIpc) is 2.98. The molecule has 0 saturated heterocycles. The average molecular weight is 382 g/mol. The first-order valence-corrected chi connectivity index (χ1v) is 8.88. The van der Waals surface area contributed by atoms with E-state index in [4.69, 9.17) is 0 Å². The van der Waals surface area contributed by atoms with Crippen LogP contribution in [0.5, 0.6) is 0 Å². The molecule has 9 heteroatoms. The van der Waals surface area contributed by atoms with Crippen LogP contribution in [0.2, 0.25) is 0 Å². The number of carbonyl (C=O) groups is 2. The molecule has 0 saturated carbocycles. The molecular formula is C19H22N6O3. The molecule has 2 aromatic heterocycles. The normalized spacial score (nSPS) is 10.8. The molecule has 146 valence electrons. The zero-order valence-electron chi connectivity index (χ0n) is 16.0. The predicted octanol–water partition coefficient (Wildman–Crippen LogP) is 0.527. The lowest BCUT2D eigenvalue weighted by Crippen LogP contribution is -2.43. The Morgan fingerprint density at radius 2 is 1.82 bits per heavy atom. The number of hydrazine groups is 1. The van der Waals surface area contributed by atoms with Gasteiger partial charge in [0.1, 0.15) is 12.4 Å². The molecular weight excluding hydrogens is 360 g/mol. The molecule has 2 N–H and O–H groups in total. The minimum absolute atomic E-state index is 0.0146. The molecule has 3 aromatic rings. The van der Waals surface area contributed by atoms with Gasteiger partial charge in [0.2, 0.25) is 5.91 Å². The summed E-state index contributed by atoms with van der Waals surface area (Å²) in [4.78, 5) is 40.8. The second kappa shape index (κ2) is 8.03. The topological polar surface area (TPSA) is 111 Å². The van der Waals surface area contributed by atoms with Crippen LogP contribution >= 0.6 is 0 Å². The van der Waals surface area contributed by atoms with Crippen LogP contribution in [0.1, 0.15) is 23.6 Å². The van der Waals surface area contributed by atoms with Crippen LogP contribution in [0, 0.1) is 13.8 Å². The maximum absolute atomic E-state index is 12.4. The maximum Gasteiger partial charge on any atom is 0.261 e. The maximum atomic E-state index is 12.4. The van der Waals surface area contributed by atoms with Gasteiger partial charge in [0.15, 0.2) is 0 Å². The van der Waals surface area contributed by atoms with Crippen molar-refractivity contribution in [2.24, 2.45) is 7.05 Å². The van der Waals surface area contributed by atoms with E-state index in [0.29, 0.717) is 16.7 Å². The third-order valence-electron chi connectivity index (χ3n) is 4.39. The number of para-hydroxylation sites is 1. The van der Waals surface area contributed by atoms with E-state index in [-0.39, 0.29) is 36.8 Å². The Kier molecular flexibility index (Phi) is 5.53. The number of rotatable bonds is 5. The minimum Gasteiger partial charge on any atom is -0.299 e. The van der Waals surface area contributed by atoms with E-state index < -0.39 is 0 Å². The molecule has 3 rings (SSSR count). The monoisotopic (exact) mass is 382 g/mol. The molecule has 0 bridgehead atoms. The number of amides is 2.